The van der Waals surface area contributed by atoms with Gasteiger partial charge in [0.1, 0.15) is 0 Å². The van der Waals surface area contributed by atoms with E-state index in [4.69, 9.17) is 0 Å². The highest BCUT2D eigenvalue weighted by Crippen LogP contribution is 2.37. The second kappa shape index (κ2) is 5.59. The number of alkyl halides is 3. The summed E-state index contributed by atoms with van der Waals surface area (Å²) in [6.45, 7) is 0. The van der Waals surface area contributed by atoms with E-state index in [1.54, 1.807) is 24.3 Å². The van der Waals surface area contributed by atoms with E-state index >= 15 is 0 Å². The molecule has 3 rings (SSSR count). The third-order valence-electron chi connectivity index (χ3n) is 3.65. The van der Waals surface area contributed by atoms with Crippen LogP contribution in [0, 0.1) is 0 Å². The van der Waals surface area contributed by atoms with Crippen molar-refractivity contribution in [3.63, 3.8) is 0 Å². The van der Waals surface area contributed by atoms with Crippen LogP contribution in [-0.4, -0.2) is 19.7 Å². The van der Waals surface area contributed by atoms with Crippen LogP contribution in [0.1, 0.15) is 5.56 Å². The number of hydrogen-bond acceptors (Lipinski definition) is 3. The Bertz CT molecular complexity index is 1030. The quantitative estimate of drug-likeness (QED) is 0.691. The van der Waals surface area contributed by atoms with Gasteiger partial charge in [0.05, 0.1) is 16.0 Å². The number of benzene rings is 2. The van der Waals surface area contributed by atoms with Gasteiger partial charge in [0, 0.05) is 17.8 Å². The lowest BCUT2D eigenvalue weighted by atomic mass is 9.99. The minimum atomic E-state index is -4.51. The summed E-state index contributed by atoms with van der Waals surface area (Å²) in [5, 5.41) is 0.318. The summed E-state index contributed by atoms with van der Waals surface area (Å²) in [7, 11) is -3.41. The van der Waals surface area contributed by atoms with Gasteiger partial charge in [-0.2, -0.15) is 13.2 Å². The van der Waals surface area contributed by atoms with Gasteiger partial charge >= 0.3 is 6.18 Å². The SMILES string of the molecule is CS(=O)(=O)c1cccc(-c2ccnc3c(C(F)(F)F)cccc23)c1. The molecule has 24 heavy (non-hydrogen) atoms. The average Bonchev–Trinajstić information content (AvgIpc) is 2.52. The molecular formula is C17H12F3NO2S. The van der Waals surface area contributed by atoms with E-state index in [9.17, 15) is 21.6 Å². The summed E-state index contributed by atoms with van der Waals surface area (Å²) in [5.41, 5.74) is 0.0367. The molecule has 0 aliphatic carbocycles. The zero-order chi connectivity index (χ0) is 17.5. The third kappa shape index (κ3) is 2.99. The van der Waals surface area contributed by atoms with E-state index in [-0.39, 0.29) is 10.4 Å². The molecule has 2 aromatic carbocycles. The van der Waals surface area contributed by atoms with Crippen molar-refractivity contribution in [2.75, 3.05) is 6.26 Å². The van der Waals surface area contributed by atoms with Gasteiger partial charge in [0.15, 0.2) is 9.84 Å². The molecule has 1 heterocycles. The highest BCUT2D eigenvalue weighted by molar-refractivity contribution is 7.90. The molecule has 0 bridgehead atoms. The number of fused-ring (bicyclic) bond motifs is 1. The summed E-state index contributed by atoms with van der Waals surface area (Å²) in [5.74, 6) is 0. The first-order valence-electron chi connectivity index (χ1n) is 6.93. The van der Waals surface area contributed by atoms with Crippen molar-refractivity contribution in [1.29, 1.82) is 0 Å². The third-order valence-corrected chi connectivity index (χ3v) is 4.76. The second-order valence-corrected chi connectivity index (χ2v) is 7.37. The lowest BCUT2D eigenvalue weighted by molar-refractivity contribution is -0.136. The molecule has 0 N–H and O–H groups in total. The smallest absolute Gasteiger partial charge is 0.256 e. The minimum absolute atomic E-state index is 0.108. The van der Waals surface area contributed by atoms with E-state index in [2.05, 4.69) is 4.98 Å². The Kier molecular flexibility index (Phi) is 3.83. The number of rotatable bonds is 2. The number of pyridine rings is 1. The highest BCUT2D eigenvalue weighted by Gasteiger charge is 2.33. The summed E-state index contributed by atoms with van der Waals surface area (Å²) in [6.07, 6.45) is -2.14. The fourth-order valence-electron chi connectivity index (χ4n) is 2.55. The Hall–Kier alpha value is -2.41. The van der Waals surface area contributed by atoms with Crippen molar-refractivity contribution < 1.29 is 21.6 Å². The summed E-state index contributed by atoms with van der Waals surface area (Å²) < 4.78 is 62.9. The Morgan fingerprint density at radius 2 is 1.71 bits per heavy atom. The number of para-hydroxylation sites is 1. The molecule has 0 aliphatic heterocycles. The van der Waals surface area contributed by atoms with Gasteiger partial charge in [-0.1, -0.05) is 24.3 Å². The van der Waals surface area contributed by atoms with E-state index in [0.717, 1.165) is 12.3 Å². The van der Waals surface area contributed by atoms with Gasteiger partial charge in [-0.05, 0) is 35.4 Å². The van der Waals surface area contributed by atoms with Crippen LogP contribution in [-0.2, 0) is 16.0 Å². The van der Waals surface area contributed by atoms with Gasteiger partial charge in [-0.3, -0.25) is 4.98 Å². The van der Waals surface area contributed by atoms with Crippen LogP contribution in [0.4, 0.5) is 13.2 Å². The average molecular weight is 351 g/mol. The molecule has 0 fully saturated rings. The van der Waals surface area contributed by atoms with E-state index < -0.39 is 21.6 Å². The molecular weight excluding hydrogens is 339 g/mol. The fourth-order valence-corrected chi connectivity index (χ4v) is 3.22. The predicted octanol–water partition coefficient (Wildman–Crippen LogP) is 4.32. The maximum atomic E-state index is 13.2. The van der Waals surface area contributed by atoms with E-state index in [1.165, 1.54) is 24.4 Å². The number of aromatic nitrogens is 1. The van der Waals surface area contributed by atoms with E-state index in [1.807, 2.05) is 0 Å². The van der Waals surface area contributed by atoms with Crippen LogP contribution in [0.2, 0.25) is 0 Å². The number of halogens is 3. The van der Waals surface area contributed by atoms with Crippen LogP contribution < -0.4 is 0 Å². The first-order chi connectivity index (χ1) is 11.2. The number of nitrogens with zero attached hydrogens (tertiary/aromatic N) is 1. The topological polar surface area (TPSA) is 47.0 Å². The van der Waals surface area contributed by atoms with Crippen LogP contribution in [0.5, 0.6) is 0 Å². The van der Waals surface area contributed by atoms with Gasteiger partial charge in [0.2, 0.25) is 0 Å². The first kappa shape index (κ1) is 16.4. The van der Waals surface area contributed by atoms with Gasteiger partial charge < -0.3 is 0 Å². The maximum absolute atomic E-state index is 13.2. The molecule has 0 amide bonds. The standard InChI is InChI=1S/C17H12F3NO2S/c1-24(22,23)12-5-2-4-11(10-12)13-8-9-21-16-14(13)6-3-7-15(16)17(18,19)20/h2-10H,1H3. The Morgan fingerprint density at radius 3 is 2.38 bits per heavy atom. The molecule has 0 saturated carbocycles. The molecule has 0 atom stereocenters. The van der Waals surface area contributed by atoms with Crippen molar-refractivity contribution in [3.05, 3.63) is 60.3 Å². The zero-order valence-electron chi connectivity index (χ0n) is 12.5. The minimum Gasteiger partial charge on any atom is -0.256 e. The number of sulfone groups is 1. The molecule has 3 nitrogen and oxygen atoms in total. The molecule has 3 aromatic rings. The Labute approximate surface area is 136 Å². The Morgan fingerprint density at radius 1 is 1.00 bits per heavy atom. The monoisotopic (exact) mass is 351 g/mol. The summed E-state index contributed by atoms with van der Waals surface area (Å²) >= 11 is 0. The van der Waals surface area contributed by atoms with Crippen molar-refractivity contribution >= 4 is 20.7 Å². The molecule has 0 saturated heterocycles. The van der Waals surface area contributed by atoms with Crippen molar-refractivity contribution in [2.24, 2.45) is 0 Å². The normalized spacial score (nSPS) is 12.5. The lowest BCUT2D eigenvalue weighted by Crippen LogP contribution is -2.06. The van der Waals surface area contributed by atoms with Crippen LogP contribution in [0.25, 0.3) is 22.0 Å². The molecule has 0 unspecified atom stereocenters. The summed E-state index contributed by atoms with van der Waals surface area (Å²) in [4.78, 5) is 3.97. The molecule has 0 spiro atoms. The molecule has 1 aromatic heterocycles. The first-order valence-corrected chi connectivity index (χ1v) is 8.82. The van der Waals surface area contributed by atoms with Crippen molar-refractivity contribution in [3.8, 4) is 11.1 Å². The van der Waals surface area contributed by atoms with Crippen molar-refractivity contribution in [1.82, 2.24) is 4.98 Å². The maximum Gasteiger partial charge on any atom is 0.418 e. The van der Waals surface area contributed by atoms with Gasteiger partial charge in [-0.15, -0.1) is 0 Å². The Balaban J connectivity index is 2.29. The van der Waals surface area contributed by atoms with Gasteiger partial charge in [-0.25, -0.2) is 8.42 Å². The molecule has 0 aliphatic rings. The van der Waals surface area contributed by atoms with Crippen molar-refractivity contribution in [2.45, 2.75) is 11.1 Å². The fraction of sp³-hybridized carbons (Fsp3) is 0.118. The van der Waals surface area contributed by atoms with Gasteiger partial charge in [0.25, 0.3) is 0 Å². The highest BCUT2D eigenvalue weighted by atomic mass is 32.2. The summed E-state index contributed by atoms with van der Waals surface area (Å²) in [6, 6.07) is 11.5. The molecule has 0 radical (unpaired) electrons. The number of hydrogen-bond donors (Lipinski definition) is 0. The van der Waals surface area contributed by atoms with E-state index in [0.29, 0.717) is 16.5 Å². The molecule has 124 valence electrons. The largest absolute Gasteiger partial charge is 0.418 e. The molecule has 7 heteroatoms. The lowest BCUT2D eigenvalue weighted by Gasteiger charge is -2.12. The van der Waals surface area contributed by atoms with Crippen LogP contribution in [0.15, 0.2) is 59.6 Å². The second-order valence-electron chi connectivity index (χ2n) is 5.36. The zero-order valence-corrected chi connectivity index (χ0v) is 13.3. The van der Waals surface area contributed by atoms with Crippen LogP contribution in [0.3, 0.4) is 0 Å². The van der Waals surface area contributed by atoms with Crippen LogP contribution >= 0.6 is 0 Å². The predicted molar refractivity (Wildman–Crippen MR) is 85.3 cm³/mol.